The largest absolute Gasteiger partial charge is 0.235 e. The zero-order chi connectivity index (χ0) is 20.3. The molecular formula is C23H28N2SSi2. The Morgan fingerprint density at radius 3 is 2.25 bits per heavy atom. The quantitative estimate of drug-likeness (QED) is 0.385. The molecule has 0 spiro atoms. The molecule has 0 atom stereocenters. The van der Waals surface area contributed by atoms with Gasteiger partial charge in [0.05, 0.1) is 32.1 Å². The lowest BCUT2D eigenvalue weighted by atomic mass is 10.0. The normalized spacial score (nSPS) is 12.8. The fraction of sp³-hybridized carbons (Fsp3) is 0.304. The third-order valence-corrected chi connectivity index (χ3v) is 12.3. The SMILES string of the molecule is Cc1c([Si](C)(C)C)sc2c(-c3cc([Si](C)(C)C)c4ccccc4c3)ncnc12. The van der Waals surface area contributed by atoms with Crippen molar-refractivity contribution in [1.29, 1.82) is 0 Å². The van der Waals surface area contributed by atoms with Crippen LogP contribution in [-0.4, -0.2) is 26.1 Å². The molecule has 4 aromatic rings. The van der Waals surface area contributed by atoms with Crippen LogP contribution in [0.2, 0.25) is 39.3 Å². The summed E-state index contributed by atoms with van der Waals surface area (Å²) in [5.41, 5.74) is 4.81. The van der Waals surface area contributed by atoms with Gasteiger partial charge in [0.2, 0.25) is 0 Å². The molecule has 2 nitrogen and oxygen atoms in total. The van der Waals surface area contributed by atoms with Gasteiger partial charge in [-0.05, 0) is 33.8 Å². The molecule has 0 bridgehead atoms. The first-order valence-corrected chi connectivity index (χ1v) is 17.7. The Morgan fingerprint density at radius 1 is 0.857 bits per heavy atom. The van der Waals surface area contributed by atoms with Gasteiger partial charge in [0.25, 0.3) is 0 Å². The first-order chi connectivity index (χ1) is 13.1. The first-order valence-electron chi connectivity index (χ1n) is 9.85. The van der Waals surface area contributed by atoms with Gasteiger partial charge in [-0.2, -0.15) is 0 Å². The Morgan fingerprint density at radius 2 is 1.57 bits per heavy atom. The van der Waals surface area contributed by atoms with Crippen molar-refractivity contribution in [2.24, 2.45) is 0 Å². The van der Waals surface area contributed by atoms with Crippen molar-refractivity contribution in [3.63, 3.8) is 0 Å². The molecule has 2 aromatic heterocycles. The minimum absolute atomic E-state index is 1.09. The number of benzene rings is 2. The summed E-state index contributed by atoms with van der Waals surface area (Å²) in [7, 11) is -2.91. The van der Waals surface area contributed by atoms with E-state index in [-0.39, 0.29) is 0 Å². The molecule has 0 aliphatic heterocycles. The number of nitrogens with zero attached hydrogens (tertiary/aromatic N) is 2. The minimum atomic E-state index is -1.50. The van der Waals surface area contributed by atoms with Crippen molar-refractivity contribution < 1.29 is 0 Å². The maximum atomic E-state index is 4.77. The Bertz CT molecular complexity index is 1200. The van der Waals surface area contributed by atoms with Crippen LogP contribution < -0.4 is 9.69 Å². The van der Waals surface area contributed by atoms with Crippen molar-refractivity contribution >= 4 is 58.2 Å². The molecule has 28 heavy (non-hydrogen) atoms. The molecule has 4 rings (SSSR count). The van der Waals surface area contributed by atoms with E-state index in [9.17, 15) is 0 Å². The lowest BCUT2D eigenvalue weighted by Crippen LogP contribution is -2.38. The van der Waals surface area contributed by atoms with E-state index < -0.39 is 16.1 Å². The second-order valence-corrected chi connectivity index (χ2v) is 21.1. The van der Waals surface area contributed by atoms with Crippen molar-refractivity contribution in [3.05, 3.63) is 48.3 Å². The summed E-state index contributed by atoms with van der Waals surface area (Å²) in [6.45, 7) is 16.7. The molecule has 0 aliphatic rings. The van der Waals surface area contributed by atoms with Crippen LogP contribution in [0.3, 0.4) is 0 Å². The third-order valence-electron chi connectivity index (χ3n) is 5.33. The molecule has 2 aromatic carbocycles. The predicted molar refractivity (Wildman–Crippen MR) is 131 cm³/mol. The monoisotopic (exact) mass is 420 g/mol. The van der Waals surface area contributed by atoms with E-state index in [0.717, 1.165) is 11.2 Å². The van der Waals surface area contributed by atoms with Crippen LogP contribution in [0.1, 0.15) is 5.56 Å². The molecule has 0 unspecified atom stereocenters. The van der Waals surface area contributed by atoms with Crippen LogP contribution in [-0.2, 0) is 0 Å². The van der Waals surface area contributed by atoms with E-state index in [1.165, 1.54) is 36.3 Å². The van der Waals surface area contributed by atoms with E-state index in [0.29, 0.717) is 0 Å². The number of rotatable bonds is 3. The molecule has 0 amide bonds. The second kappa shape index (κ2) is 6.61. The maximum Gasteiger partial charge on any atom is 0.116 e. The summed E-state index contributed by atoms with van der Waals surface area (Å²) in [6.07, 6.45) is 1.74. The Hall–Kier alpha value is -1.83. The summed E-state index contributed by atoms with van der Waals surface area (Å²) >= 11 is 1.92. The molecule has 0 saturated carbocycles. The fourth-order valence-electron chi connectivity index (χ4n) is 4.01. The van der Waals surface area contributed by atoms with E-state index in [2.05, 4.69) is 87.6 Å². The van der Waals surface area contributed by atoms with Gasteiger partial charge in [0, 0.05) is 5.56 Å². The molecule has 5 heteroatoms. The van der Waals surface area contributed by atoms with E-state index in [1.807, 2.05) is 11.3 Å². The smallest absolute Gasteiger partial charge is 0.116 e. The first kappa shape index (κ1) is 19.5. The number of hydrogen-bond donors (Lipinski definition) is 0. The van der Waals surface area contributed by atoms with Crippen molar-refractivity contribution in [3.8, 4) is 11.3 Å². The number of hydrogen-bond acceptors (Lipinski definition) is 3. The Labute approximate surface area is 173 Å². The zero-order valence-electron chi connectivity index (χ0n) is 17.8. The summed E-state index contributed by atoms with van der Waals surface area (Å²) in [4.78, 5) is 9.44. The number of thiophene rings is 1. The topological polar surface area (TPSA) is 25.8 Å². The molecule has 0 N–H and O–H groups in total. The molecule has 2 heterocycles. The van der Waals surface area contributed by atoms with Gasteiger partial charge >= 0.3 is 0 Å². The van der Waals surface area contributed by atoms with Gasteiger partial charge < -0.3 is 0 Å². The Balaban J connectivity index is 2.05. The van der Waals surface area contributed by atoms with Crippen LogP contribution in [0.4, 0.5) is 0 Å². The third kappa shape index (κ3) is 3.25. The number of fused-ring (bicyclic) bond motifs is 2. The van der Waals surface area contributed by atoms with Crippen LogP contribution in [0, 0.1) is 6.92 Å². The minimum Gasteiger partial charge on any atom is -0.235 e. The van der Waals surface area contributed by atoms with Crippen molar-refractivity contribution in [2.75, 3.05) is 0 Å². The molecule has 144 valence electrons. The zero-order valence-corrected chi connectivity index (χ0v) is 20.7. The molecule has 0 radical (unpaired) electrons. The fourth-order valence-corrected chi connectivity index (χ4v) is 9.43. The van der Waals surface area contributed by atoms with Crippen molar-refractivity contribution in [2.45, 2.75) is 46.2 Å². The highest BCUT2D eigenvalue weighted by atomic mass is 32.1. The molecule has 0 saturated heterocycles. The lowest BCUT2D eigenvalue weighted by Gasteiger charge is -2.21. The van der Waals surface area contributed by atoms with Gasteiger partial charge in [-0.3, -0.25) is 0 Å². The molecule has 0 fully saturated rings. The van der Waals surface area contributed by atoms with Gasteiger partial charge in [-0.25, -0.2) is 9.97 Å². The standard InChI is InChI=1S/C23H28N2SSi2/c1-15-20-22(26-23(15)28(5,6)7)21(25-14-24-20)17-12-16-10-8-9-11-18(16)19(13-17)27(2,3)4/h8-14H,1-7H3. The Kier molecular flexibility index (Phi) is 4.60. The van der Waals surface area contributed by atoms with Crippen LogP contribution in [0.5, 0.6) is 0 Å². The molecular weight excluding hydrogens is 393 g/mol. The van der Waals surface area contributed by atoms with Gasteiger partial charge in [0.15, 0.2) is 0 Å². The summed E-state index contributed by atoms with van der Waals surface area (Å²) < 4.78 is 2.78. The van der Waals surface area contributed by atoms with Crippen LogP contribution in [0.25, 0.3) is 32.2 Å². The number of aromatic nitrogens is 2. The summed E-state index contributed by atoms with van der Waals surface area (Å²) in [5.74, 6) is 0. The van der Waals surface area contributed by atoms with Crippen molar-refractivity contribution in [1.82, 2.24) is 9.97 Å². The van der Waals surface area contributed by atoms with Crippen LogP contribution in [0.15, 0.2) is 42.7 Å². The maximum absolute atomic E-state index is 4.77. The number of aryl methyl sites for hydroxylation is 1. The summed E-state index contributed by atoms with van der Waals surface area (Å²) in [5, 5.41) is 4.20. The highest BCUT2D eigenvalue weighted by molar-refractivity contribution is 7.32. The molecule has 0 aliphatic carbocycles. The van der Waals surface area contributed by atoms with E-state index in [1.54, 1.807) is 6.33 Å². The van der Waals surface area contributed by atoms with Gasteiger partial charge in [0.1, 0.15) is 6.33 Å². The lowest BCUT2D eigenvalue weighted by molar-refractivity contribution is 1.23. The second-order valence-electron chi connectivity index (χ2n) is 9.70. The van der Waals surface area contributed by atoms with Gasteiger partial charge in [-0.15, -0.1) is 11.3 Å². The average Bonchev–Trinajstić information content (AvgIpc) is 2.97. The summed E-state index contributed by atoms with van der Waals surface area (Å²) in [6, 6.07) is 13.5. The predicted octanol–water partition coefficient (Wildman–Crippen LogP) is 5.91. The van der Waals surface area contributed by atoms with Crippen LogP contribution >= 0.6 is 11.3 Å². The highest BCUT2D eigenvalue weighted by Crippen LogP contribution is 2.33. The average molecular weight is 421 g/mol. The highest BCUT2D eigenvalue weighted by Gasteiger charge is 2.26. The van der Waals surface area contributed by atoms with Gasteiger partial charge in [-0.1, -0.05) is 74.8 Å². The van der Waals surface area contributed by atoms with E-state index >= 15 is 0 Å². The van der Waals surface area contributed by atoms with E-state index in [4.69, 9.17) is 4.98 Å².